The summed E-state index contributed by atoms with van der Waals surface area (Å²) in [6, 6.07) is 4.55. The van der Waals surface area contributed by atoms with E-state index in [1.54, 1.807) is 12.4 Å². The van der Waals surface area contributed by atoms with E-state index in [4.69, 9.17) is 9.47 Å². The van der Waals surface area contributed by atoms with E-state index in [2.05, 4.69) is 35.9 Å². The number of rotatable bonds is 8. The van der Waals surface area contributed by atoms with Crippen molar-refractivity contribution in [1.29, 1.82) is 0 Å². The molecular formula is C25H35N7O4. The Labute approximate surface area is 210 Å². The van der Waals surface area contributed by atoms with E-state index in [0.29, 0.717) is 18.0 Å². The Morgan fingerprint density at radius 3 is 2.33 bits per heavy atom. The average Bonchev–Trinajstić information content (AvgIpc) is 3.16. The van der Waals surface area contributed by atoms with Crippen molar-refractivity contribution in [2.75, 3.05) is 23.8 Å². The third-order valence-corrected chi connectivity index (χ3v) is 4.72. The quantitative estimate of drug-likeness (QED) is 0.341. The molecule has 3 aromatic rings. The van der Waals surface area contributed by atoms with Gasteiger partial charge in [0, 0.05) is 24.5 Å². The van der Waals surface area contributed by atoms with E-state index in [-0.39, 0.29) is 18.6 Å². The van der Waals surface area contributed by atoms with Gasteiger partial charge in [0.05, 0.1) is 23.2 Å². The van der Waals surface area contributed by atoms with Gasteiger partial charge in [-0.3, -0.25) is 5.32 Å². The van der Waals surface area contributed by atoms with Crippen LogP contribution < -0.4 is 16.0 Å². The Balaban J connectivity index is 1.74. The van der Waals surface area contributed by atoms with Gasteiger partial charge in [0.2, 0.25) is 11.9 Å². The van der Waals surface area contributed by atoms with Crippen molar-refractivity contribution in [3.63, 3.8) is 0 Å². The molecule has 0 aliphatic rings. The van der Waals surface area contributed by atoms with Crippen LogP contribution >= 0.6 is 0 Å². The molecule has 0 spiro atoms. The number of anilines is 2. The number of ether oxygens (including phenoxy) is 2. The predicted molar refractivity (Wildman–Crippen MR) is 139 cm³/mol. The van der Waals surface area contributed by atoms with Crippen LogP contribution in [0.3, 0.4) is 0 Å². The van der Waals surface area contributed by atoms with Crippen molar-refractivity contribution < 1.29 is 19.1 Å². The van der Waals surface area contributed by atoms with Crippen LogP contribution in [0.5, 0.6) is 0 Å². The summed E-state index contributed by atoms with van der Waals surface area (Å²) in [5.41, 5.74) is 2.03. The first-order valence-electron chi connectivity index (χ1n) is 11.8. The molecule has 0 aliphatic carbocycles. The molecule has 11 heteroatoms. The van der Waals surface area contributed by atoms with Gasteiger partial charge in [0.1, 0.15) is 5.60 Å². The number of H-pyrrole nitrogens is 1. The molecule has 0 unspecified atom stereocenters. The number of imidazole rings is 1. The summed E-state index contributed by atoms with van der Waals surface area (Å²) in [5.74, 6) is 0.191. The van der Waals surface area contributed by atoms with Gasteiger partial charge in [-0.2, -0.15) is 0 Å². The summed E-state index contributed by atoms with van der Waals surface area (Å²) < 4.78 is 11.3. The minimum absolute atomic E-state index is 0.103. The van der Waals surface area contributed by atoms with Crippen molar-refractivity contribution >= 4 is 34.9 Å². The first kappa shape index (κ1) is 26.9. The Hall–Kier alpha value is -3.73. The number of aromatic amines is 1. The zero-order chi connectivity index (χ0) is 26.5. The normalized spacial score (nSPS) is 12.8. The number of amides is 2. The summed E-state index contributed by atoms with van der Waals surface area (Å²) in [6.45, 7) is 13.6. The molecule has 4 N–H and O–H groups in total. The number of carbonyl (C=O) groups is 2. The Kier molecular flexibility index (Phi) is 8.13. The first-order valence-corrected chi connectivity index (χ1v) is 11.8. The van der Waals surface area contributed by atoms with E-state index < -0.39 is 23.2 Å². The lowest BCUT2D eigenvalue weighted by Crippen LogP contribution is -2.41. The van der Waals surface area contributed by atoms with Crippen LogP contribution in [0, 0.1) is 0 Å². The van der Waals surface area contributed by atoms with Gasteiger partial charge in [0.25, 0.3) is 0 Å². The van der Waals surface area contributed by atoms with Crippen LogP contribution in [0.2, 0.25) is 0 Å². The molecule has 0 bridgehead atoms. The second-order valence-corrected chi connectivity index (χ2v) is 10.3. The van der Waals surface area contributed by atoms with Gasteiger partial charge < -0.3 is 25.1 Å². The van der Waals surface area contributed by atoms with Gasteiger partial charge in [-0.25, -0.2) is 24.5 Å². The minimum Gasteiger partial charge on any atom is -0.458 e. The second kappa shape index (κ2) is 10.9. The molecule has 0 saturated heterocycles. The van der Waals surface area contributed by atoms with Gasteiger partial charge in [-0.1, -0.05) is 6.07 Å². The fourth-order valence-corrected chi connectivity index (χ4v) is 3.14. The van der Waals surface area contributed by atoms with E-state index in [9.17, 15) is 9.59 Å². The fourth-order valence-electron chi connectivity index (χ4n) is 3.14. The summed E-state index contributed by atoms with van der Waals surface area (Å²) in [4.78, 5) is 40.7. The monoisotopic (exact) mass is 497 g/mol. The number of esters is 1. The zero-order valence-electron chi connectivity index (χ0n) is 21.9. The summed E-state index contributed by atoms with van der Waals surface area (Å²) in [5, 5.41) is 8.35. The van der Waals surface area contributed by atoms with E-state index in [1.807, 2.05) is 66.7 Å². The molecule has 36 heavy (non-hydrogen) atoms. The number of aromatic nitrogens is 4. The standard InChI is InChI=1S/C25H35N7O4/c1-8-26-23(34)32-22-29-17-10-9-15(11-18(17)30-22)16-12-27-21(28-13-16)31-19(14-35-24(2,3)4)20(33)36-25(5,6)7/h9-13,19H,8,14H2,1-7H3,(H,27,28,31)(H3,26,29,30,32,34)/t19-/m0/s1. The van der Waals surface area contributed by atoms with Crippen LogP contribution in [0.4, 0.5) is 16.7 Å². The molecule has 2 aromatic heterocycles. The molecule has 2 amide bonds. The van der Waals surface area contributed by atoms with Crippen LogP contribution in [-0.4, -0.2) is 62.3 Å². The van der Waals surface area contributed by atoms with Crippen LogP contribution in [0.1, 0.15) is 48.5 Å². The minimum atomic E-state index is -0.773. The smallest absolute Gasteiger partial charge is 0.331 e. The van der Waals surface area contributed by atoms with Gasteiger partial charge in [-0.05, 0) is 66.2 Å². The number of carbonyl (C=O) groups excluding carboxylic acids is 2. The van der Waals surface area contributed by atoms with E-state index >= 15 is 0 Å². The van der Waals surface area contributed by atoms with Crippen molar-refractivity contribution in [1.82, 2.24) is 25.3 Å². The third-order valence-electron chi connectivity index (χ3n) is 4.72. The molecule has 3 rings (SSSR count). The van der Waals surface area contributed by atoms with E-state index in [1.165, 1.54) is 0 Å². The molecule has 0 saturated carbocycles. The summed E-state index contributed by atoms with van der Waals surface area (Å²) in [7, 11) is 0. The Bertz CT molecular complexity index is 1190. The topological polar surface area (TPSA) is 143 Å². The highest BCUT2D eigenvalue weighted by Gasteiger charge is 2.28. The molecule has 1 aromatic carbocycles. The average molecular weight is 498 g/mol. The SMILES string of the molecule is CCNC(=O)Nc1nc2cc(-c3cnc(N[C@@H](COC(C)(C)C)C(=O)OC(C)(C)C)nc3)ccc2[nH]1. The molecule has 1 atom stereocenters. The van der Waals surface area contributed by atoms with Crippen LogP contribution in [0.15, 0.2) is 30.6 Å². The highest BCUT2D eigenvalue weighted by Crippen LogP contribution is 2.24. The first-order chi connectivity index (χ1) is 16.8. The highest BCUT2D eigenvalue weighted by atomic mass is 16.6. The third kappa shape index (κ3) is 7.91. The number of nitrogens with one attached hydrogen (secondary N) is 4. The zero-order valence-corrected chi connectivity index (χ0v) is 21.9. The molecular weight excluding hydrogens is 462 g/mol. The number of hydrogen-bond acceptors (Lipinski definition) is 8. The lowest BCUT2D eigenvalue weighted by atomic mass is 10.1. The number of urea groups is 1. The molecule has 194 valence electrons. The van der Waals surface area contributed by atoms with Crippen LogP contribution in [0.25, 0.3) is 22.2 Å². The number of fused-ring (bicyclic) bond motifs is 1. The van der Waals surface area contributed by atoms with Gasteiger partial charge in [-0.15, -0.1) is 0 Å². The molecule has 0 aliphatic heterocycles. The van der Waals surface area contributed by atoms with Gasteiger partial charge >= 0.3 is 12.0 Å². The Morgan fingerprint density at radius 1 is 1.03 bits per heavy atom. The Morgan fingerprint density at radius 2 is 1.72 bits per heavy atom. The molecule has 0 radical (unpaired) electrons. The lowest BCUT2D eigenvalue weighted by molar-refractivity contribution is -0.158. The van der Waals surface area contributed by atoms with Crippen molar-refractivity contribution in [2.24, 2.45) is 0 Å². The largest absolute Gasteiger partial charge is 0.458 e. The molecule has 0 fully saturated rings. The van der Waals surface area contributed by atoms with Gasteiger partial charge in [0.15, 0.2) is 6.04 Å². The fraction of sp³-hybridized carbons (Fsp3) is 0.480. The predicted octanol–water partition coefficient (Wildman–Crippen LogP) is 4.10. The highest BCUT2D eigenvalue weighted by molar-refractivity contribution is 5.90. The molecule has 2 heterocycles. The maximum Gasteiger partial charge on any atom is 0.331 e. The number of benzene rings is 1. The van der Waals surface area contributed by atoms with Crippen molar-refractivity contribution in [3.8, 4) is 11.1 Å². The number of nitrogens with zero attached hydrogens (tertiary/aromatic N) is 3. The lowest BCUT2D eigenvalue weighted by Gasteiger charge is -2.27. The summed E-state index contributed by atoms with van der Waals surface area (Å²) in [6.07, 6.45) is 3.32. The van der Waals surface area contributed by atoms with E-state index in [0.717, 1.165) is 16.6 Å². The van der Waals surface area contributed by atoms with Crippen molar-refractivity contribution in [3.05, 3.63) is 30.6 Å². The second-order valence-electron chi connectivity index (χ2n) is 10.3. The maximum absolute atomic E-state index is 12.7. The maximum atomic E-state index is 12.7. The van der Waals surface area contributed by atoms with Crippen molar-refractivity contribution in [2.45, 2.75) is 65.7 Å². The molecule has 11 nitrogen and oxygen atoms in total. The van der Waals surface area contributed by atoms with Crippen LogP contribution in [-0.2, 0) is 14.3 Å². The number of hydrogen-bond donors (Lipinski definition) is 4. The summed E-state index contributed by atoms with van der Waals surface area (Å²) >= 11 is 0.